The van der Waals surface area contributed by atoms with Gasteiger partial charge >= 0.3 is 0 Å². The molecule has 1 fully saturated rings. The van der Waals surface area contributed by atoms with Gasteiger partial charge in [-0.25, -0.2) is 21.6 Å². The average Bonchev–Trinajstić information content (AvgIpc) is 3.21. The van der Waals surface area contributed by atoms with Crippen LogP contribution in [0, 0.1) is 11.6 Å². The molecule has 2 heterocycles. The molecule has 0 aliphatic carbocycles. The topological polar surface area (TPSA) is 71.3 Å². The van der Waals surface area contributed by atoms with Crippen molar-refractivity contribution >= 4 is 15.7 Å². The molecule has 1 aromatic heterocycles. The van der Waals surface area contributed by atoms with Gasteiger partial charge in [-0.1, -0.05) is 6.92 Å². The van der Waals surface area contributed by atoms with Gasteiger partial charge in [0.1, 0.15) is 30.5 Å². The zero-order chi connectivity index (χ0) is 22.1. The summed E-state index contributed by atoms with van der Waals surface area (Å²) in [6.07, 6.45) is 3.54. The van der Waals surface area contributed by atoms with Crippen LogP contribution in [0.5, 0.6) is 0 Å². The number of hydrogen-bond donors (Lipinski definition) is 0. The van der Waals surface area contributed by atoms with E-state index in [0.29, 0.717) is 19.4 Å². The van der Waals surface area contributed by atoms with E-state index in [0.717, 1.165) is 22.7 Å². The summed E-state index contributed by atoms with van der Waals surface area (Å²) >= 11 is 0. The van der Waals surface area contributed by atoms with Crippen LogP contribution in [-0.2, 0) is 16.6 Å². The average molecular weight is 446 g/mol. The number of nitrogens with zero attached hydrogens (tertiary/aromatic N) is 5. The van der Waals surface area contributed by atoms with E-state index < -0.39 is 33.9 Å². The fourth-order valence-corrected chi connectivity index (χ4v) is 4.92. The molecule has 11 heteroatoms. The first-order valence-corrected chi connectivity index (χ1v) is 11.6. The fraction of sp³-hybridized carbons (Fsp3) is 0.579. The van der Waals surface area contributed by atoms with Crippen molar-refractivity contribution in [3.63, 3.8) is 0 Å². The third-order valence-corrected chi connectivity index (χ3v) is 6.96. The summed E-state index contributed by atoms with van der Waals surface area (Å²) < 4.78 is 71.1. The maximum Gasteiger partial charge on any atom is 0.211 e. The molecule has 166 valence electrons. The molecule has 0 spiro atoms. The summed E-state index contributed by atoms with van der Waals surface area (Å²) in [4.78, 5) is 1.47. The second-order valence-electron chi connectivity index (χ2n) is 7.69. The van der Waals surface area contributed by atoms with Crippen LogP contribution < -0.4 is 4.90 Å². The standard InChI is InChI=1S/C19H26F3N5O2S/c1-4-13(2)27(30(3,28)29)9-14-7-16(21)19(8-15(14)20)25-6-5-18(17(22)10-25)26-11-23-24-12-26/h7-8,11-13,17-18H,4-6,9-10H2,1-3H3/t13-,17+,18-/m0/s1. The minimum atomic E-state index is -3.60. The lowest BCUT2D eigenvalue weighted by Crippen LogP contribution is -2.43. The number of anilines is 1. The number of sulfonamides is 1. The third-order valence-electron chi connectivity index (χ3n) is 5.62. The Balaban J connectivity index is 1.80. The van der Waals surface area contributed by atoms with E-state index in [1.165, 1.54) is 17.6 Å². The lowest BCUT2D eigenvalue weighted by Gasteiger charge is -2.36. The van der Waals surface area contributed by atoms with Crippen LogP contribution in [0.1, 0.15) is 38.3 Å². The predicted molar refractivity (Wildman–Crippen MR) is 107 cm³/mol. The number of rotatable bonds is 7. The Morgan fingerprint density at radius 3 is 2.47 bits per heavy atom. The largest absolute Gasteiger partial charge is 0.366 e. The van der Waals surface area contributed by atoms with Crippen LogP contribution in [0.15, 0.2) is 24.8 Å². The Kier molecular flexibility index (Phi) is 6.71. The van der Waals surface area contributed by atoms with Crippen LogP contribution in [0.25, 0.3) is 0 Å². The van der Waals surface area contributed by atoms with Gasteiger partial charge in [0.25, 0.3) is 0 Å². The van der Waals surface area contributed by atoms with E-state index in [1.54, 1.807) is 11.5 Å². The summed E-state index contributed by atoms with van der Waals surface area (Å²) in [5, 5.41) is 7.36. The van der Waals surface area contributed by atoms with Crippen molar-refractivity contribution in [2.45, 2.75) is 51.5 Å². The highest BCUT2D eigenvalue weighted by atomic mass is 32.2. The van der Waals surface area contributed by atoms with Crippen LogP contribution in [0.4, 0.5) is 18.9 Å². The lowest BCUT2D eigenvalue weighted by atomic mass is 10.0. The van der Waals surface area contributed by atoms with Crippen molar-refractivity contribution in [3.8, 4) is 0 Å². The molecule has 30 heavy (non-hydrogen) atoms. The van der Waals surface area contributed by atoms with Crippen molar-refractivity contribution in [3.05, 3.63) is 42.0 Å². The molecule has 0 unspecified atom stereocenters. The fourth-order valence-electron chi connectivity index (χ4n) is 3.74. The number of benzene rings is 1. The second kappa shape index (κ2) is 8.93. The van der Waals surface area contributed by atoms with E-state index in [2.05, 4.69) is 10.2 Å². The molecule has 1 aromatic carbocycles. The Labute approximate surface area is 174 Å². The van der Waals surface area contributed by atoms with Gasteiger partial charge in [-0.3, -0.25) is 0 Å². The highest BCUT2D eigenvalue weighted by molar-refractivity contribution is 7.88. The molecule has 0 N–H and O–H groups in total. The minimum Gasteiger partial charge on any atom is -0.366 e. The third kappa shape index (κ3) is 4.77. The number of alkyl halides is 1. The highest BCUT2D eigenvalue weighted by Crippen LogP contribution is 2.31. The number of halogens is 3. The van der Waals surface area contributed by atoms with E-state index in [9.17, 15) is 21.6 Å². The van der Waals surface area contributed by atoms with Gasteiger partial charge in [-0.05, 0) is 25.8 Å². The molecular formula is C19H26F3N5O2S. The normalized spacial score (nSPS) is 21.2. The van der Waals surface area contributed by atoms with Gasteiger partial charge in [0.15, 0.2) is 0 Å². The van der Waals surface area contributed by atoms with Crippen molar-refractivity contribution in [1.29, 1.82) is 0 Å². The predicted octanol–water partition coefficient (Wildman–Crippen LogP) is 2.91. The SMILES string of the molecule is CC[C@H](C)N(Cc1cc(F)c(N2CC[C@H](n3cnnc3)[C@H](F)C2)cc1F)S(C)(=O)=O. The van der Waals surface area contributed by atoms with Crippen molar-refractivity contribution < 1.29 is 21.6 Å². The monoisotopic (exact) mass is 445 g/mol. The summed E-state index contributed by atoms with van der Waals surface area (Å²) in [5.41, 5.74) is -0.0892. The second-order valence-corrected chi connectivity index (χ2v) is 9.62. The molecule has 0 radical (unpaired) electrons. The zero-order valence-corrected chi connectivity index (χ0v) is 18.0. The molecule has 0 saturated carbocycles. The molecule has 0 bridgehead atoms. The Morgan fingerprint density at radius 1 is 1.23 bits per heavy atom. The van der Waals surface area contributed by atoms with Gasteiger partial charge in [-0.2, -0.15) is 4.31 Å². The van der Waals surface area contributed by atoms with Gasteiger partial charge in [-0.15, -0.1) is 10.2 Å². The summed E-state index contributed by atoms with van der Waals surface area (Å²) in [7, 11) is -3.60. The van der Waals surface area contributed by atoms with Gasteiger partial charge in [0.2, 0.25) is 10.0 Å². The number of aromatic nitrogens is 3. The molecular weight excluding hydrogens is 419 g/mol. The lowest BCUT2D eigenvalue weighted by molar-refractivity contribution is 0.199. The first-order chi connectivity index (χ1) is 14.1. The van der Waals surface area contributed by atoms with E-state index in [-0.39, 0.29) is 30.4 Å². The minimum absolute atomic E-state index is 0.0319. The molecule has 0 amide bonds. The zero-order valence-electron chi connectivity index (χ0n) is 17.2. The van der Waals surface area contributed by atoms with Crippen LogP contribution in [0.2, 0.25) is 0 Å². The van der Waals surface area contributed by atoms with Crippen molar-refractivity contribution in [2.75, 3.05) is 24.2 Å². The summed E-state index contributed by atoms with van der Waals surface area (Å²) in [6, 6.07) is 1.21. The molecule has 1 aliphatic heterocycles. The summed E-state index contributed by atoms with van der Waals surface area (Å²) in [5.74, 6) is -1.43. The first-order valence-electron chi connectivity index (χ1n) is 9.79. The maximum absolute atomic E-state index is 14.8. The van der Waals surface area contributed by atoms with Crippen molar-refractivity contribution in [1.82, 2.24) is 19.1 Å². The molecule has 7 nitrogen and oxygen atoms in total. The molecule has 1 saturated heterocycles. The quantitative estimate of drug-likeness (QED) is 0.656. The number of hydrogen-bond acceptors (Lipinski definition) is 5. The molecule has 3 atom stereocenters. The summed E-state index contributed by atoms with van der Waals surface area (Å²) in [6.45, 7) is 3.51. The molecule has 3 rings (SSSR count). The Bertz CT molecular complexity index is 971. The van der Waals surface area contributed by atoms with Gasteiger partial charge in [0.05, 0.1) is 24.5 Å². The van der Waals surface area contributed by atoms with Crippen LogP contribution >= 0.6 is 0 Å². The molecule has 2 aromatic rings. The van der Waals surface area contributed by atoms with E-state index in [4.69, 9.17) is 0 Å². The van der Waals surface area contributed by atoms with Crippen LogP contribution in [0.3, 0.4) is 0 Å². The van der Waals surface area contributed by atoms with Gasteiger partial charge in [0, 0.05) is 30.8 Å². The highest BCUT2D eigenvalue weighted by Gasteiger charge is 2.32. The van der Waals surface area contributed by atoms with Gasteiger partial charge < -0.3 is 9.47 Å². The Morgan fingerprint density at radius 2 is 1.90 bits per heavy atom. The maximum atomic E-state index is 14.8. The van der Waals surface area contributed by atoms with Crippen LogP contribution in [-0.4, -0.2) is 59.0 Å². The first kappa shape index (κ1) is 22.5. The molecule has 1 aliphatic rings. The Hall–Kier alpha value is -2.14. The van der Waals surface area contributed by atoms with Crippen molar-refractivity contribution in [2.24, 2.45) is 0 Å². The van der Waals surface area contributed by atoms with E-state index in [1.807, 2.05) is 6.92 Å². The number of piperidine rings is 1. The van der Waals surface area contributed by atoms with E-state index >= 15 is 0 Å². The smallest absolute Gasteiger partial charge is 0.211 e.